The van der Waals surface area contributed by atoms with Crippen LogP contribution in [0.4, 0.5) is 0 Å². The maximum atomic E-state index is 3.40. The van der Waals surface area contributed by atoms with Crippen molar-refractivity contribution in [1.82, 2.24) is 0 Å². The number of benzene rings is 1. The van der Waals surface area contributed by atoms with Crippen molar-refractivity contribution in [3.63, 3.8) is 0 Å². The Morgan fingerprint density at radius 1 is 1.28 bits per heavy atom. The predicted octanol–water partition coefficient (Wildman–Crippen LogP) is 4.95. The number of hydrogen-bond donors (Lipinski definition) is 0. The van der Waals surface area contributed by atoms with Gasteiger partial charge in [0.05, 0.1) is 0 Å². The first-order chi connectivity index (χ1) is 8.58. The van der Waals surface area contributed by atoms with Crippen LogP contribution in [0.5, 0.6) is 0 Å². The highest BCUT2D eigenvalue weighted by Crippen LogP contribution is 2.41. The minimum absolute atomic E-state index is 0.486. The molecule has 0 bridgehead atoms. The molecule has 1 aromatic rings. The van der Waals surface area contributed by atoms with Crippen molar-refractivity contribution >= 4 is 0 Å². The maximum Gasteiger partial charge on any atom is 0.0247 e. The third-order valence-electron chi connectivity index (χ3n) is 4.33. The van der Waals surface area contributed by atoms with Crippen LogP contribution in [0.3, 0.4) is 0 Å². The fourth-order valence-corrected chi connectivity index (χ4v) is 2.94. The summed E-state index contributed by atoms with van der Waals surface area (Å²) >= 11 is 0. The smallest absolute Gasteiger partial charge is 0.0247 e. The standard InChI is InChI=1S/C18H24/c1-15-8-6-9-16(14-15)10-7-12-17-11-4-5-13-18(17,2)3/h6,8-9,14,17H,4-5,11-13H2,1-3H3. The first-order valence-corrected chi connectivity index (χ1v) is 7.13. The molecule has 1 unspecified atom stereocenters. The SMILES string of the molecule is Cc1cccc(C#CCC2CCCCC2(C)C)c1. The molecule has 1 fully saturated rings. The molecule has 18 heavy (non-hydrogen) atoms. The lowest BCUT2D eigenvalue weighted by molar-refractivity contribution is 0.142. The molecule has 1 aromatic carbocycles. The molecule has 1 atom stereocenters. The fraction of sp³-hybridized carbons (Fsp3) is 0.556. The van der Waals surface area contributed by atoms with Crippen LogP contribution in [0.25, 0.3) is 0 Å². The van der Waals surface area contributed by atoms with Crippen LogP contribution in [0.15, 0.2) is 24.3 Å². The second-order valence-corrected chi connectivity index (χ2v) is 6.31. The van der Waals surface area contributed by atoms with Crippen LogP contribution >= 0.6 is 0 Å². The third-order valence-corrected chi connectivity index (χ3v) is 4.33. The van der Waals surface area contributed by atoms with Crippen LogP contribution in [0.2, 0.25) is 0 Å². The molecule has 0 spiro atoms. The molecule has 0 nitrogen and oxygen atoms in total. The van der Waals surface area contributed by atoms with E-state index >= 15 is 0 Å². The quantitative estimate of drug-likeness (QED) is 0.609. The zero-order valence-corrected chi connectivity index (χ0v) is 11.9. The summed E-state index contributed by atoms with van der Waals surface area (Å²) in [6.07, 6.45) is 6.56. The van der Waals surface area contributed by atoms with Gasteiger partial charge in [-0.3, -0.25) is 0 Å². The van der Waals surface area contributed by atoms with Crippen molar-refractivity contribution in [2.45, 2.75) is 52.9 Å². The molecule has 1 saturated carbocycles. The van der Waals surface area contributed by atoms with Crippen LogP contribution in [-0.4, -0.2) is 0 Å². The second kappa shape index (κ2) is 5.61. The zero-order valence-electron chi connectivity index (χ0n) is 11.9. The highest BCUT2D eigenvalue weighted by atomic mass is 14.4. The van der Waals surface area contributed by atoms with Crippen molar-refractivity contribution in [3.05, 3.63) is 35.4 Å². The molecule has 96 valence electrons. The maximum absolute atomic E-state index is 3.40. The van der Waals surface area contributed by atoms with Gasteiger partial charge in [0.1, 0.15) is 0 Å². The molecule has 0 N–H and O–H groups in total. The van der Waals surface area contributed by atoms with Gasteiger partial charge in [-0.2, -0.15) is 0 Å². The van der Waals surface area contributed by atoms with Gasteiger partial charge in [-0.15, -0.1) is 0 Å². The Balaban J connectivity index is 1.99. The zero-order chi connectivity index (χ0) is 13.0. The molecule has 0 heterocycles. The lowest BCUT2D eigenvalue weighted by Crippen LogP contribution is -2.27. The number of aryl methyl sites for hydroxylation is 1. The normalized spacial score (nSPS) is 22.1. The van der Waals surface area contributed by atoms with Crippen molar-refractivity contribution in [3.8, 4) is 11.8 Å². The van der Waals surface area contributed by atoms with Crippen LogP contribution < -0.4 is 0 Å². The molecule has 1 aliphatic rings. The molecule has 0 aromatic heterocycles. The Morgan fingerprint density at radius 3 is 2.83 bits per heavy atom. The summed E-state index contributed by atoms with van der Waals surface area (Å²) in [5, 5.41) is 0. The van der Waals surface area contributed by atoms with Gasteiger partial charge in [-0.25, -0.2) is 0 Å². The van der Waals surface area contributed by atoms with E-state index in [4.69, 9.17) is 0 Å². The van der Waals surface area contributed by atoms with Gasteiger partial charge >= 0.3 is 0 Å². The average molecular weight is 240 g/mol. The van der Waals surface area contributed by atoms with Crippen LogP contribution in [0.1, 0.15) is 57.1 Å². The van der Waals surface area contributed by atoms with Crippen molar-refractivity contribution in [2.75, 3.05) is 0 Å². The Kier molecular flexibility index (Phi) is 4.12. The highest BCUT2D eigenvalue weighted by molar-refractivity contribution is 5.36. The summed E-state index contributed by atoms with van der Waals surface area (Å²) in [5.41, 5.74) is 2.93. The van der Waals surface area contributed by atoms with E-state index in [9.17, 15) is 0 Å². The monoisotopic (exact) mass is 240 g/mol. The van der Waals surface area contributed by atoms with Gasteiger partial charge < -0.3 is 0 Å². The molecular weight excluding hydrogens is 216 g/mol. The predicted molar refractivity (Wildman–Crippen MR) is 78.4 cm³/mol. The molecule has 0 radical (unpaired) electrons. The summed E-state index contributed by atoms with van der Waals surface area (Å²) in [6, 6.07) is 8.48. The first kappa shape index (κ1) is 13.2. The number of rotatable bonds is 1. The van der Waals surface area contributed by atoms with Crippen LogP contribution in [0, 0.1) is 30.1 Å². The Hall–Kier alpha value is -1.22. The van der Waals surface area contributed by atoms with Gasteiger partial charge in [-0.1, -0.05) is 50.7 Å². The van der Waals surface area contributed by atoms with E-state index < -0.39 is 0 Å². The third kappa shape index (κ3) is 3.39. The van der Waals surface area contributed by atoms with E-state index in [1.54, 1.807) is 0 Å². The second-order valence-electron chi connectivity index (χ2n) is 6.31. The van der Waals surface area contributed by atoms with Crippen molar-refractivity contribution in [2.24, 2.45) is 11.3 Å². The van der Waals surface area contributed by atoms with Crippen molar-refractivity contribution in [1.29, 1.82) is 0 Å². The summed E-state index contributed by atoms with van der Waals surface area (Å²) in [5.74, 6) is 7.51. The van der Waals surface area contributed by atoms with Crippen molar-refractivity contribution < 1.29 is 0 Å². The lowest BCUT2D eigenvalue weighted by Gasteiger charge is -2.37. The topological polar surface area (TPSA) is 0 Å². The highest BCUT2D eigenvalue weighted by Gasteiger charge is 2.31. The molecule has 0 amide bonds. The van der Waals surface area contributed by atoms with E-state index in [0.717, 1.165) is 17.9 Å². The van der Waals surface area contributed by atoms with Gasteiger partial charge in [0.25, 0.3) is 0 Å². The molecule has 0 aliphatic heterocycles. The van der Waals surface area contributed by atoms with E-state index in [2.05, 4.69) is 56.9 Å². The van der Waals surface area contributed by atoms with E-state index in [1.165, 1.54) is 31.2 Å². The summed E-state index contributed by atoms with van der Waals surface area (Å²) in [4.78, 5) is 0. The van der Waals surface area contributed by atoms with Gasteiger partial charge in [-0.05, 0) is 48.8 Å². The van der Waals surface area contributed by atoms with Gasteiger partial charge in [0.2, 0.25) is 0 Å². The summed E-state index contributed by atoms with van der Waals surface area (Å²) in [6.45, 7) is 6.94. The largest absolute Gasteiger partial charge is 0.0976 e. The molecule has 0 heteroatoms. The Bertz CT molecular complexity index is 456. The molecule has 1 aliphatic carbocycles. The molecule has 0 saturated heterocycles. The van der Waals surface area contributed by atoms with Gasteiger partial charge in [0.15, 0.2) is 0 Å². The molecular formula is C18H24. The Morgan fingerprint density at radius 2 is 2.11 bits per heavy atom. The van der Waals surface area contributed by atoms with E-state index in [1.807, 2.05) is 0 Å². The van der Waals surface area contributed by atoms with Gasteiger partial charge in [0, 0.05) is 12.0 Å². The number of hydrogen-bond acceptors (Lipinski definition) is 0. The van der Waals surface area contributed by atoms with E-state index in [0.29, 0.717) is 5.41 Å². The minimum atomic E-state index is 0.486. The van der Waals surface area contributed by atoms with E-state index in [-0.39, 0.29) is 0 Å². The Labute approximate surface area is 112 Å². The molecule has 2 rings (SSSR count). The summed E-state index contributed by atoms with van der Waals surface area (Å²) in [7, 11) is 0. The summed E-state index contributed by atoms with van der Waals surface area (Å²) < 4.78 is 0. The lowest BCUT2D eigenvalue weighted by atomic mass is 9.68. The minimum Gasteiger partial charge on any atom is -0.0976 e. The average Bonchev–Trinajstić information content (AvgIpc) is 2.31. The van der Waals surface area contributed by atoms with Crippen LogP contribution in [-0.2, 0) is 0 Å². The first-order valence-electron chi connectivity index (χ1n) is 7.13. The fourth-order valence-electron chi connectivity index (χ4n) is 2.94.